The van der Waals surface area contributed by atoms with E-state index in [1.54, 1.807) is 17.2 Å². The lowest BCUT2D eigenvalue weighted by Crippen LogP contribution is -2.37. The van der Waals surface area contributed by atoms with Crippen molar-refractivity contribution in [3.8, 4) is 0 Å². The van der Waals surface area contributed by atoms with Gasteiger partial charge in [0.2, 0.25) is 0 Å². The van der Waals surface area contributed by atoms with Crippen molar-refractivity contribution in [1.82, 2.24) is 15.0 Å². The predicted molar refractivity (Wildman–Crippen MR) is 107 cm³/mol. The van der Waals surface area contributed by atoms with Crippen LogP contribution in [-0.4, -0.2) is 33.7 Å². The molecule has 3 heterocycles. The predicted octanol–water partition coefficient (Wildman–Crippen LogP) is 4.25. The maximum Gasteiger partial charge on any atom is 0.415 e. The number of nitrogens with zero attached hydrogens (tertiary/aromatic N) is 4. The Balaban J connectivity index is 1.49. The fourth-order valence-electron chi connectivity index (χ4n) is 3.70. The van der Waals surface area contributed by atoms with Crippen molar-refractivity contribution in [1.29, 1.82) is 0 Å². The largest absolute Gasteiger partial charge is 0.447 e. The Labute approximate surface area is 166 Å². The van der Waals surface area contributed by atoms with Crippen LogP contribution in [0.25, 0.3) is 0 Å². The lowest BCUT2D eigenvalue weighted by Gasteiger charge is -2.23. The SMILES string of the molecule is CC(C)[C@H]1COC(=O)N1c1ccnc(C[C@@H](C)c2ccc(C3(C)CC3)nc2)n1. The summed E-state index contributed by atoms with van der Waals surface area (Å²) in [5.74, 6) is 1.89. The van der Waals surface area contributed by atoms with Crippen molar-refractivity contribution in [3.63, 3.8) is 0 Å². The molecule has 28 heavy (non-hydrogen) atoms. The minimum absolute atomic E-state index is 0.00760. The molecule has 6 nitrogen and oxygen atoms in total. The second-order valence-corrected chi connectivity index (χ2v) is 8.73. The first-order valence-corrected chi connectivity index (χ1v) is 10.1. The van der Waals surface area contributed by atoms with Gasteiger partial charge >= 0.3 is 6.09 Å². The van der Waals surface area contributed by atoms with Gasteiger partial charge < -0.3 is 4.74 Å². The maximum atomic E-state index is 12.2. The van der Waals surface area contributed by atoms with Crippen LogP contribution in [-0.2, 0) is 16.6 Å². The van der Waals surface area contributed by atoms with Gasteiger partial charge in [-0.3, -0.25) is 9.88 Å². The average molecular weight is 380 g/mol. The number of aromatic nitrogens is 3. The second-order valence-electron chi connectivity index (χ2n) is 8.73. The van der Waals surface area contributed by atoms with Gasteiger partial charge in [-0.1, -0.05) is 33.8 Å². The molecule has 2 aliphatic rings. The van der Waals surface area contributed by atoms with E-state index in [2.05, 4.69) is 54.8 Å². The molecule has 0 unspecified atom stereocenters. The zero-order valence-corrected chi connectivity index (χ0v) is 17.1. The standard InChI is InChI=1S/C22H28N4O2/c1-14(2)17-13-28-21(27)26(17)20-7-10-23-19(25-20)11-15(3)16-5-6-18(24-12-16)22(4)8-9-22/h5-7,10,12,14-15,17H,8-9,11,13H2,1-4H3/t15-,17-/m1/s1. The van der Waals surface area contributed by atoms with Gasteiger partial charge in [0.1, 0.15) is 18.2 Å². The minimum Gasteiger partial charge on any atom is -0.447 e. The highest BCUT2D eigenvalue weighted by Gasteiger charge is 2.40. The average Bonchev–Trinajstić information content (AvgIpc) is 3.31. The van der Waals surface area contributed by atoms with Gasteiger partial charge in [0, 0.05) is 29.9 Å². The first-order valence-electron chi connectivity index (χ1n) is 10.1. The molecule has 1 amide bonds. The number of rotatable bonds is 6. The number of hydrogen-bond acceptors (Lipinski definition) is 5. The smallest absolute Gasteiger partial charge is 0.415 e. The first-order chi connectivity index (χ1) is 13.4. The molecule has 2 aromatic heterocycles. The van der Waals surface area contributed by atoms with Gasteiger partial charge in [-0.2, -0.15) is 0 Å². The summed E-state index contributed by atoms with van der Waals surface area (Å²) >= 11 is 0. The molecule has 0 spiro atoms. The molecule has 6 heteroatoms. The molecule has 0 N–H and O–H groups in total. The van der Waals surface area contributed by atoms with Crippen molar-refractivity contribution in [2.75, 3.05) is 11.5 Å². The molecule has 1 aliphatic carbocycles. The van der Waals surface area contributed by atoms with E-state index in [1.165, 1.54) is 24.1 Å². The van der Waals surface area contributed by atoms with Gasteiger partial charge in [-0.05, 0) is 42.4 Å². The van der Waals surface area contributed by atoms with Crippen LogP contribution >= 0.6 is 0 Å². The van der Waals surface area contributed by atoms with Gasteiger partial charge in [0.25, 0.3) is 0 Å². The Morgan fingerprint density at radius 2 is 2.00 bits per heavy atom. The van der Waals surface area contributed by atoms with Crippen molar-refractivity contribution >= 4 is 11.9 Å². The molecule has 0 radical (unpaired) electrons. The minimum atomic E-state index is -0.329. The van der Waals surface area contributed by atoms with E-state index < -0.39 is 0 Å². The third kappa shape index (κ3) is 3.60. The molecule has 2 aromatic rings. The Kier molecular flexibility index (Phi) is 4.81. The quantitative estimate of drug-likeness (QED) is 0.749. The molecule has 2 fully saturated rings. The number of cyclic esters (lactones) is 1. The number of amides is 1. The third-order valence-electron chi connectivity index (χ3n) is 6.08. The van der Waals surface area contributed by atoms with Crippen LogP contribution in [0.4, 0.5) is 10.6 Å². The Hall–Kier alpha value is -2.50. The molecule has 1 saturated heterocycles. The molecular formula is C22H28N4O2. The molecule has 1 aliphatic heterocycles. The highest BCUT2D eigenvalue weighted by Crippen LogP contribution is 2.46. The molecular weight excluding hydrogens is 352 g/mol. The van der Waals surface area contributed by atoms with Crippen LogP contribution in [0.15, 0.2) is 30.6 Å². The van der Waals surface area contributed by atoms with Crippen molar-refractivity contribution in [3.05, 3.63) is 47.7 Å². The molecule has 148 valence electrons. The maximum absolute atomic E-state index is 12.2. The van der Waals surface area contributed by atoms with E-state index in [0.717, 1.165) is 5.82 Å². The highest BCUT2D eigenvalue weighted by molar-refractivity contribution is 5.89. The summed E-state index contributed by atoms with van der Waals surface area (Å²) in [7, 11) is 0. The summed E-state index contributed by atoms with van der Waals surface area (Å²) in [4.78, 5) is 27.6. The van der Waals surface area contributed by atoms with Gasteiger partial charge in [-0.25, -0.2) is 14.8 Å². The zero-order valence-electron chi connectivity index (χ0n) is 17.1. The zero-order chi connectivity index (χ0) is 19.9. The van der Waals surface area contributed by atoms with Crippen LogP contribution in [0, 0.1) is 5.92 Å². The van der Waals surface area contributed by atoms with E-state index in [-0.39, 0.29) is 23.5 Å². The molecule has 4 rings (SSSR count). The van der Waals surface area contributed by atoms with Crippen molar-refractivity contribution in [2.45, 2.75) is 64.3 Å². The van der Waals surface area contributed by atoms with Gasteiger partial charge in [0.05, 0.1) is 6.04 Å². The van der Waals surface area contributed by atoms with Crippen molar-refractivity contribution < 1.29 is 9.53 Å². The van der Waals surface area contributed by atoms with Crippen LogP contribution in [0.2, 0.25) is 0 Å². The number of pyridine rings is 1. The number of carbonyl (C=O) groups is 1. The summed E-state index contributed by atoms with van der Waals surface area (Å²) in [5.41, 5.74) is 2.66. The van der Waals surface area contributed by atoms with Crippen LogP contribution in [0.1, 0.15) is 63.5 Å². The summed E-state index contributed by atoms with van der Waals surface area (Å²) in [6.45, 7) is 9.01. The second kappa shape index (κ2) is 7.15. The summed E-state index contributed by atoms with van der Waals surface area (Å²) < 4.78 is 5.25. The van der Waals surface area contributed by atoms with E-state index in [9.17, 15) is 4.79 Å². The summed E-state index contributed by atoms with van der Waals surface area (Å²) in [6, 6.07) is 6.12. The monoisotopic (exact) mass is 380 g/mol. The molecule has 2 atom stereocenters. The van der Waals surface area contributed by atoms with E-state index in [1.807, 2.05) is 6.20 Å². The Morgan fingerprint density at radius 1 is 1.21 bits per heavy atom. The fourth-order valence-corrected chi connectivity index (χ4v) is 3.70. The highest BCUT2D eigenvalue weighted by atomic mass is 16.6. The topological polar surface area (TPSA) is 68.2 Å². The van der Waals surface area contributed by atoms with Crippen LogP contribution in [0.3, 0.4) is 0 Å². The van der Waals surface area contributed by atoms with Crippen molar-refractivity contribution in [2.24, 2.45) is 5.92 Å². The first kappa shape index (κ1) is 18.8. The fraction of sp³-hybridized carbons (Fsp3) is 0.545. The van der Waals surface area contributed by atoms with E-state index in [4.69, 9.17) is 4.74 Å². The normalized spacial score (nSPS) is 21.7. The Morgan fingerprint density at radius 3 is 2.64 bits per heavy atom. The number of ether oxygens (including phenoxy) is 1. The van der Waals surface area contributed by atoms with Crippen LogP contribution in [0.5, 0.6) is 0 Å². The lowest BCUT2D eigenvalue weighted by molar-refractivity contribution is 0.177. The Bertz CT molecular complexity index is 861. The molecule has 0 aromatic carbocycles. The number of carbonyl (C=O) groups excluding carboxylic acids is 1. The molecule has 1 saturated carbocycles. The summed E-state index contributed by atoms with van der Waals surface area (Å²) in [6.07, 6.45) is 6.53. The van der Waals surface area contributed by atoms with Crippen LogP contribution < -0.4 is 4.90 Å². The summed E-state index contributed by atoms with van der Waals surface area (Å²) in [5, 5.41) is 0. The van der Waals surface area contributed by atoms with Gasteiger partial charge in [0.15, 0.2) is 0 Å². The number of anilines is 1. The van der Waals surface area contributed by atoms with E-state index >= 15 is 0 Å². The third-order valence-corrected chi connectivity index (χ3v) is 6.08. The molecule has 0 bridgehead atoms. The number of hydrogen-bond donors (Lipinski definition) is 0. The van der Waals surface area contributed by atoms with Gasteiger partial charge in [-0.15, -0.1) is 0 Å². The van der Waals surface area contributed by atoms with E-state index in [0.29, 0.717) is 24.8 Å². The lowest BCUT2D eigenvalue weighted by atomic mass is 9.97.